The molecule has 2 N–H and O–H groups in total. The molecule has 0 unspecified atom stereocenters. The fourth-order valence-corrected chi connectivity index (χ4v) is 3.97. The molecule has 0 aliphatic carbocycles. The second kappa shape index (κ2) is 8.84. The summed E-state index contributed by atoms with van der Waals surface area (Å²) in [6.45, 7) is 1.54. The highest BCUT2D eigenvalue weighted by molar-refractivity contribution is 5.94. The summed E-state index contributed by atoms with van der Waals surface area (Å²) in [5.74, 6) is 0.826. The van der Waals surface area contributed by atoms with Gasteiger partial charge in [0.25, 0.3) is 0 Å². The third-order valence-electron chi connectivity index (χ3n) is 5.50. The van der Waals surface area contributed by atoms with Crippen LogP contribution in [-0.2, 0) is 6.42 Å². The molecule has 0 atom stereocenters. The predicted octanol–water partition coefficient (Wildman–Crippen LogP) is 5.90. The van der Waals surface area contributed by atoms with E-state index in [1.54, 1.807) is 0 Å². The molecule has 0 amide bonds. The SMILES string of the molecule is c1ccc(Cc2nnc(NCCNc3cccc4ccccc34)c3ccccc23)cc1. The molecule has 0 aliphatic heterocycles. The summed E-state index contributed by atoms with van der Waals surface area (Å²) in [6.07, 6.45) is 0.775. The first kappa shape index (κ1) is 19.1. The van der Waals surface area contributed by atoms with E-state index in [-0.39, 0.29) is 0 Å². The number of hydrogen-bond donors (Lipinski definition) is 2. The molecule has 4 nitrogen and oxygen atoms in total. The second-order valence-electron chi connectivity index (χ2n) is 7.58. The number of fused-ring (bicyclic) bond motifs is 2. The Labute approximate surface area is 182 Å². The average Bonchev–Trinajstić information content (AvgIpc) is 2.83. The van der Waals surface area contributed by atoms with Crippen LogP contribution in [0.5, 0.6) is 0 Å². The minimum Gasteiger partial charge on any atom is -0.383 e. The van der Waals surface area contributed by atoms with E-state index >= 15 is 0 Å². The van der Waals surface area contributed by atoms with Crippen molar-refractivity contribution in [2.75, 3.05) is 23.7 Å². The number of anilines is 2. The highest BCUT2D eigenvalue weighted by Gasteiger charge is 2.09. The minimum absolute atomic E-state index is 0.750. The lowest BCUT2D eigenvalue weighted by Crippen LogP contribution is -2.15. The quantitative estimate of drug-likeness (QED) is 0.332. The first-order valence-electron chi connectivity index (χ1n) is 10.6. The van der Waals surface area contributed by atoms with E-state index in [1.807, 2.05) is 6.07 Å². The summed E-state index contributed by atoms with van der Waals surface area (Å²) in [6, 6.07) is 33.5. The highest BCUT2D eigenvalue weighted by Crippen LogP contribution is 2.25. The smallest absolute Gasteiger partial charge is 0.156 e. The second-order valence-corrected chi connectivity index (χ2v) is 7.58. The molecule has 31 heavy (non-hydrogen) atoms. The Bertz CT molecular complexity index is 1310. The van der Waals surface area contributed by atoms with Crippen LogP contribution in [0.4, 0.5) is 11.5 Å². The molecule has 5 rings (SSSR count). The lowest BCUT2D eigenvalue weighted by Gasteiger charge is -2.13. The van der Waals surface area contributed by atoms with Gasteiger partial charge in [-0.3, -0.25) is 0 Å². The first-order chi connectivity index (χ1) is 15.4. The van der Waals surface area contributed by atoms with Crippen molar-refractivity contribution < 1.29 is 0 Å². The summed E-state index contributed by atoms with van der Waals surface area (Å²) in [5.41, 5.74) is 3.39. The van der Waals surface area contributed by atoms with Gasteiger partial charge in [-0.2, -0.15) is 5.10 Å². The van der Waals surface area contributed by atoms with Crippen molar-refractivity contribution in [1.29, 1.82) is 0 Å². The van der Waals surface area contributed by atoms with Gasteiger partial charge in [-0.25, -0.2) is 0 Å². The van der Waals surface area contributed by atoms with E-state index in [1.165, 1.54) is 16.3 Å². The third kappa shape index (κ3) is 4.19. The highest BCUT2D eigenvalue weighted by atomic mass is 15.2. The maximum Gasteiger partial charge on any atom is 0.156 e. The molecule has 0 radical (unpaired) electrons. The van der Waals surface area contributed by atoms with Crippen molar-refractivity contribution in [3.63, 3.8) is 0 Å². The van der Waals surface area contributed by atoms with Gasteiger partial charge in [-0.05, 0) is 17.0 Å². The van der Waals surface area contributed by atoms with Crippen molar-refractivity contribution in [2.45, 2.75) is 6.42 Å². The van der Waals surface area contributed by atoms with E-state index < -0.39 is 0 Å². The molecule has 4 heteroatoms. The molecule has 0 spiro atoms. The zero-order valence-electron chi connectivity index (χ0n) is 17.3. The van der Waals surface area contributed by atoms with Crippen molar-refractivity contribution >= 4 is 33.1 Å². The largest absolute Gasteiger partial charge is 0.383 e. The van der Waals surface area contributed by atoms with E-state index in [2.05, 4.69) is 112 Å². The Morgan fingerprint density at radius 1 is 0.548 bits per heavy atom. The van der Waals surface area contributed by atoms with Crippen molar-refractivity contribution in [3.8, 4) is 0 Å². The van der Waals surface area contributed by atoms with E-state index in [9.17, 15) is 0 Å². The molecule has 1 heterocycles. The number of aromatic nitrogens is 2. The summed E-state index contributed by atoms with van der Waals surface area (Å²) in [5, 5.41) is 20.8. The molecular formula is C27H24N4. The van der Waals surface area contributed by atoms with Gasteiger partial charge in [0.05, 0.1) is 5.69 Å². The summed E-state index contributed by atoms with van der Waals surface area (Å²) >= 11 is 0. The maximum absolute atomic E-state index is 4.55. The van der Waals surface area contributed by atoms with Gasteiger partial charge in [0.1, 0.15) is 0 Å². The molecule has 1 aromatic heterocycles. The van der Waals surface area contributed by atoms with E-state index in [0.29, 0.717) is 0 Å². The Morgan fingerprint density at radius 3 is 2.10 bits per heavy atom. The maximum atomic E-state index is 4.55. The van der Waals surface area contributed by atoms with Crippen LogP contribution in [-0.4, -0.2) is 23.3 Å². The number of hydrogen-bond acceptors (Lipinski definition) is 4. The van der Waals surface area contributed by atoms with Crippen LogP contribution in [0.15, 0.2) is 97.1 Å². The molecule has 0 saturated heterocycles. The molecule has 0 fully saturated rings. The predicted molar refractivity (Wildman–Crippen MR) is 130 cm³/mol. The number of nitrogens with one attached hydrogen (secondary N) is 2. The monoisotopic (exact) mass is 404 g/mol. The summed E-state index contributed by atoms with van der Waals surface area (Å²) in [7, 11) is 0. The Kier molecular flexibility index (Phi) is 5.44. The van der Waals surface area contributed by atoms with Gasteiger partial charge < -0.3 is 10.6 Å². The van der Waals surface area contributed by atoms with Gasteiger partial charge in [0, 0.05) is 41.4 Å². The van der Waals surface area contributed by atoms with E-state index in [0.717, 1.165) is 47.5 Å². The Hall–Kier alpha value is -3.92. The fraction of sp³-hybridized carbons (Fsp3) is 0.111. The molecule has 5 aromatic rings. The van der Waals surface area contributed by atoms with E-state index in [4.69, 9.17) is 0 Å². The van der Waals surface area contributed by atoms with Crippen LogP contribution < -0.4 is 10.6 Å². The lowest BCUT2D eigenvalue weighted by molar-refractivity contribution is 0.946. The van der Waals surface area contributed by atoms with Gasteiger partial charge in [-0.1, -0.05) is 91.0 Å². The van der Waals surface area contributed by atoms with Crippen molar-refractivity contribution in [3.05, 3.63) is 108 Å². The molecule has 4 aromatic carbocycles. The van der Waals surface area contributed by atoms with Crippen LogP contribution in [0.25, 0.3) is 21.5 Å². The third-order valence-corrected chi connectivity index (χ3v) is 5.50. The number of rotatable bonds is 7. The summed E-state index contributed by atoms with van der Waals surface area (Å²) < 4.78 is 0. The Morgan fingerprint density at radius 2 is 1.23 bits per heavy atom. The normalized spacial score (nSPS) is 11.0. The minimum atomic E-state index is 0.750. The number of nitrogens with zero attached hydrogens (tertiary/aromatic N) is 2. The number of benzene rings is 4. The van der Waals surface area contributed by atoms with Gasteiger partial charge in [-0.15, -0.1) is 5.10 Å². The van der Waals surface area contributed by atoms with Gasteiger partial charge >= 0.3 is 0 Å². The first-order valence-corrected chi connectivity index (χ1v) is 10.6. The van der Waals surface area contributed by atoms with Crippen LogP contribution in [0.2, 0.25) is 0 Å². The molecular weight excluding hydrogens is 380 g/mol. The molecule has 152 valence electrons. The fourth-order valence-electron chi connectivity index (χ4n) is 3.97. The lowest BCUT2D eigenvalue weighted by atomic mass is 10.0. The van der Waals surface area contributed by atoms with Crippen molar-refractivity contribution in [2.24, 2.45) is 0 Å². The van der Waals surface area contributed by atoms with Crippen LogP contribution >= 0.6 is 0 Å². The zero-order valence-corrected chi connectivity index (χ0v) is 17.3. The molecule has 0 bridgehead atoms. The van der Waals surface area contributed by atoms with Gasteiger partial charge in [0.2, 0.25) is 0 Å². The standard InChI is InChI=1S/C27H24N4/c1-2-9-20(10-3-1)19-26-23-14-6-7-15-24(23)27(31-30-26)29-18-17-28-25-16-8-12-21-11-4-5-13-22(21)25/h1-16,28H,17-19H2,(H,29,31). The van der Waals surface area contributed by atoms with Crippen LogP contribution in [0.3, 0.4) is 0 Å². The zero-order chi connectivity index (χ0) is 20.9. The van der Waals surface area contributed by atoms with Crippen molar-refractivity contribution in [1.82, 2.24) is 10.2 Å². The van der Waals surface area contributed by atoms with Gasteiger partial charge in [0.15, 0.2) is 5.82 Å². The topological polar surface area (TPSA) is 49.8 Å². The van der Waals surface area contributed by atoms with Crippen LogP contribution in [0.1, 0.15) is 11.3 Å². The Balaban J connectivity index is 1.30. The molecule has 0 aliphatic rings. The molecule has 0 saturated carbocycles. The summed E-state index contributed by atoms with van der Waals surface area (Å²) in [4.78, 5) is 0. The average molecular weight is 405 g/mol. The van der Waals surface area contributed by atoms with Crippen LogP contribution in [0, 0.1) is 0 Å².